The molecule has 2 aliphatic rings. The van der Waals surface area contributed by atoms with E-state index in [-0.39, 0.29) is 35.2 Å². The summed E-state index contributed by atoms with van der Waals surface area (Å²) in [6.07, 6.45) is 6.45. The van der Waals surface area contributed by atoms with Crippen LogP contribution in [0.3, 0.4) is 0 Å². The Morgan fingerprint density at radius 2 is 2.35 bits per heavy atom. The molecule has 2 N–H and O–H groups in total. The largest absolute Gasteiger partial charge is 0.395 e. The average molecular weight is 234 g/mol. The van der Waals surface area contributed by atoms with Gasteiger partial charge in [0, 0.05) is 17.2 Å². The molecule has 1 aromatic heterocycles. The molecular weight excluding hydrogens is 220 g/mol. The van der Waals surface area contributed by atoms with E-state index >= 15 is 0 Å². The Hall–Kier alpha value is -1.62. The lowest BCUT2D eigenvalue weighted by Crippen LogP contribution is -2.33. The third-order valence-electron chi connectivity index (χ3n) is 3.98. The highest BCUT2D eigenvalue weighted by molar-refractivity contribution is 5.28. The minimum atomic E-state index is -0.379. The van der Waals surface area contributed by atoms with Gasteiger partial charge in [-0.1, -0.05) is 12.2 Å². The van der Waals surface area contributed by atoms with Crippen molar-refractivity contribution in [2.75, 3.05) is 6.61 Å². The topological polar surface area (TPSA) is 75.1 Å². The number of fused-ring (bicyclic) bond motifs is 1. The number of aliphatic hydroxyl groups is 1. The lowest BCUT2D eigenvalue weighted by molar-refractivity contribution is 0.230. The number of nitrogens with one attached hydrogen (secondary N) is 1. The van der Waals surface area contributed by atoms with Gasteiger partial charge in [0.25, 0.3) is 5.56 Å². The second kappa shape index (κ2) is 3.20. The summed E-state index contributed by atoms with van der Waals surface area (Å²) in [6.45, 7) is 1.81. The van der Waals surface area contributed by atoms with Crippen LogP contribution < -0.4 is 11.2 Å². The van der Waals surface area contributed by atoms with E-state index in [1.165, 1.54) is 0 Å². The Morgan fingerprint density at radius 3 is 2.94 bits per heavy atom. The standard InChI is InChI=1S/C12H14N2O3/c1-7-5-14(11(17)13-10(7)16)9-2-3-12(6-15)4-8(9)12/h2-3,5,8-9,15H,4,6H2,1H3,(H,13,16,17)/t8-,9?,12-/m1/s1. The molecule has 1 heterocycles. The van der Waals surface area contributed by atoms with Crippen molar-refractivity contribution in [3.8, 4) is 0 Å². The summed E-state index contributed by atoms with van der Waals surface area (Å²) < 4.78 is 1.56. The van der Waals surface area contributed by atoms with Crippen LogP contribution in [0, 0.1) is 18.3 Å². The van der Waals surface area contributed by atoms with Gasteiger partial charge in [0.1, 0.15) is 0 Å². The molecular formula is C12H14N2O3. The molecule has 1 saturated carbocycles. The smallest absolute Gasteiger partial charge is 0.328 e. The second-order valence-electron chi connectivity index (χ2n) is 5.03. The summed E-state index contributed by atoms with van der Waals surface area (Å²) in [6, 6.07) is -0.0369. The summed E-state index contributed by atoms with van der Waals surface area (Å²) in [5, 5.41) is 9.30. The molecule has 0 spiro atoms. The van der Waals surface area contributed by atoms with Gasteiger partial charge in [-0.2, -0.15) is 0 Å². The number of aromatic amines is 1. The minimum Gasteiger partial charge on any atom is -0.395 e. The molecule has 2 aliphatic carbocycles. The molecule has 90 valence electrons. The number of aliphatic hydroxyl groups excluding tert-OH is 1. The molecule has 0 saturated heterocycles. The van der Waals surface area contributed by atoms with Gasteiger partial charge in [-0.25, -0.2) is 4.79 Å². The summed E-state index contributed by atoms with van der Waals surface area (Å²) in [4.78, 5) is 25.3. The van der Waals surface area contributed by atoms with Gasteiger partial charge in [0.15, 0.2) is 0 Å². The number of aryl methyl sites for hydroxylation is 1. The summed E-state index contributed by atoms with van der Waals surface area (Å²) in [5.74, 6) is 0.288. The van der Waals surface area contributed by atoms with Crippen molar-refractivity contribution in [3.63, 3.8) is 0 Å². The third kappa shape index (κ3) is 1.35. The van der Waals surface area contributed by atoms with E-state index in [1.807, 2.05) is 12.2 Å². The second-order valence-corrected chi connectivity index (χ2v) is 5.03. The van der Waals surface area contributed by atoms with Gasteiger partial charge in [-0.05, 0) is 19.3 Å². The number of H-pyrrole nitrogens is 1. The fourth-order valence-electron chi connectivity index (χ4n) is 2.76. The zero-order valence-electron chi connectivity index (χ0n) is 9.51. The SMILES string of the molecule is Cc1cn(C2C=C[C@]3(CO)C[C@H]23)c(=O)[nH]c1=O. The average Bonchev–Trinajstić information content (AvgIpc) is 2.92. The number of allylic oxidation sites excluding steroid dienone is 1. The van der Waals surface area contributed by atoms with Gasteiger partial charge in [-0.3, -0.25) is 14.3 Å². The van der Waals surface area contributed by atoms with E-state index in [0.717, 1.165) is 6.42 Å². The van der Waals surface area contributed by atoms with Gasteiger partial charge in [0.2, 0.25) is 0 Å². The Morgan fingerprint density at radius 1 is 1.59 bits per heavy atom. The normalized spacial score (nSPS) is 33.8. The van der Waals surface area contributed by atoms with E-state index < -0.39 is 0 Å². The van der Waals surface area contributed by atoms with Gasteiger partial charge in [0.05, 0.1) is 12.6 Å². The van der Waals surface area contributed by atoms with Crippen LogP contribution in [-0.2, 0) is 0 Å². The molecule has 0 radical (unpaired) electrons. The molecule has 17 heavy (non-hydrogen) atoms. The molecule has 5 heteroatoms. The molecule has 1 fully saturated rings. The Bertz CT molecular complexity index is 613. The lowest BCUT2D eigenvalue weighted by Gasteiger charge is -2.13. The van der Waals surface area contributed by atoms with E-state index in [0.29, 0.717) is 5.56 Å². The molecule has 5 nitrogen and oxygen atoms in total. The highest BCUT2D eigenvalue weighted by atomic mass is 16.3. The maximum Gasteiger partial charge on any atom is 0.328 e. The maximum absolute atomic E-state index is 11.7. The predicted octanol–water partition coefficient (Wildman–Crippen LogP) is -0.0455. The van der Waals surface area contributed by atoms with E-state index in [9.17, 15) is 14.7 Å². The van der Waals surface area contributed by atoms with Crippen molar-refractivity contribution in [2.45, 2.75) is 19.4 Å². The van der Waals surface area contributed by atoms with Crippen molar-refractivity contribution >= 4 is 0 Å². The first-order chi connectivity index (χ1) is 8.07. The molecule has 3 atom stereocenters. The van der Waals surface area contributed by atoms with Crippen molar-refractivity contribution in [1.29, 1.82) is 0 Å². The number of hydrogen-bond donors (Lipinski definition) is 2. The monoisotopic (exact) mass is 234 g/mol. The summed E-state index contributed by atoms with van der Waals surface area (Å²) in [5.41, 5.74) is -0.304. The van der Waals surface area contributed by atoms with Crippen molar-refractivity contribution in [3.05, 3.63) is 44.8 Å². The highest BCUT2D eigenvalue weighted by Crippen LogP contribution is 2.63. The minimum absolute atomic E-state index is 0.0369. The first-order valence-corrected chi connectivity index (χ1v) is 5.70. The van der Waals surface area contributed by atoms with Crippen LogP contribution in [0.15, 0.2) is 27.9 Å². The number of nitrogens with zero attached hydrogens (tertiary/aromatic N) is 1. The molecule has 3 rings (SSSR count). The first kappa shape index (κ1) is 10.5. The molecule has 0 aliphatic heterocycles. The molecule has 0 aromatic carbocycles. The van der Waals surface area contributed by atoms with Crippen LogP contribution in [0.4, 0.5) is 0 Å². The van der Waals surface area contributed by atoms with Gasteiger partial charge in [-0.15, -0.1) is 0 Å². The number of aromatic nitrogens is 2. The quantitative estimate of drug-likeness (QED) is 0.705. The first-order valence-electron chi connectivity index (χ1n) is 5.70. The van der Waals surface area contributed by atoms with Crippen LogP contribution in [0.1, 0.15) is 18.0 Å². The van der Waals surface area contributed by atoms with Gasteiger partial charge < -0.3 is 5.11 Å². The maximum atomic E-state index is 11.7. The van der Waals surface area contributed by atoms with Crippen LogP contribution >= 0.6 is 0 Å². The zero-order chi connectivity index (χ0) is 12.2. The van der Waals surface area contributed by atoms with E-state index in [2.05, 4.69) is 4.98 Å². The predicted molar refractivity (Wildman–Crippen MR) is 61.9 cm³/mol. The van der Waals surface area contributed by atoms with E-state index in [1.54, 1.807) is 17.7 Å². The molecule has 1 aromatic rings. The van der Waals surface area contributed by atoms with Crippen LogP contribution in [0.25, 0.3) is 0 Å². The van der Waals surface area contributed by atoms with Crippen molar-refractivity contribution in [1.82, 2.24) is 9.55 Å². The Balaban J connectivity index is 2.03. The van der Waals surface area contributed by atoms with E-state index in [4.69, 9.17) is 0 Å². The van der Waals surface area contributed by atoms with Crippen LogP contribution in [0.2, 0.25) is 0 Å². The zero-order valence-corrected chi connectivity index (χ0v) is 9.51. The fraction of sp³-hybridized carbons (Fsp3) is 0.500. The van der Waals surface area contributed by atoms with Crippen molar-refractivity contribution in [2.24, 2.45) is 11.3 Å². The fourth-order valence-corrected chi connectivity index (χ4v) is 2.76. The summed E-state index contributed by atoms with van der Waals surface area (Å²) in [7, 11) is 0. The number of hydrogen-bond acceptors (Lipinski definition) is 3. The molecule has 1 unspecified atom stereocenters. The van der Waals surface area contributed by atoms with Crippen molar-refractivity contribution < 1.29 is 5.11 Å². The molecule has 0 bridgehead atoms. The lowest BCUT2D eigenvalue weighted by atomic mass is 10.1. The Labute approximate surface area is 97.4 Å². The molecule has 0 amide bonds. The van der Waals surface area contributed by atoms with Crippen LogP contribution in [-0.4, -0.2) is 21.3 Å². The summed E-state index contributed by atoms with van der Waals surface area (Å²) >= 11 is 0. The van der Waals surface area contributed by atoms with Gasteiger partial charge >= 0.3 is 5.69 Å². The third-order valence-corrected chi connectivity index (χ3v) is 3.98. The number of rotatable bonds is 2. The highest BCUT2D eigenvalue weighted by Gasteiger charge is 2.58. The van der Waals surface area contributed by atoms with Crippen LogP contribution in [0.5, 0.6) is 0 Å². The Kier molecular flexibility index (Phi) is 1.98.